The lowest BCUT2D eigenvalue weighted by atomic mass is 10.1. The topological polar surface area (TPSA) is 37.8 Å². The summed E-state index contributed by atoms with van der Waals surface area (Å²) in [5, 5.41) is 2.91. The summed E-state index contributed by atoms with van der Waals surface area (Å²) < 4.78 is 1.96. The average Bonchev–Trinajstić information content (AvgIpc) is 3.06. The van der Waals surface area contributed by atoms with E-state index in [1.54, 1.807) is 6.07 Å². The Hall–Kier alpha value is -1.77. The van der Waals surface area contributed by atoms with Crippen LogP contribution >= 0.6 is 0 Å². The first-order chi connectivity index (χ1) is 8.16. The summed E-state index contributed by atoms with van der Waals surface area (Å²) in [5.74, 6) is 0.564. The van der Waals surface area contributed by atoms with Gasteiger partial charge in [0.15, 0.2) is 0 Å². The number of rotatable bonds is 2. The van der Waals surface area contributed by atoms with Crippen molar-refractivity contribution < 1.29 is 0 Å². The van der Waals surface area contributed by atoms with Crippen LogP contribution in [0, 0.1) is 13.8 Å². The molecule has 2 aromatic rings. The van der Waals surface area contributed by atoms with Crippen molar-refractivity contribution in [2.24, 2.45) is 0 Å². The van der Waals surface area contributed by atoms with Crippen LogP contribution in [0.15, 0.2) is 29.1 Å². The summed E-state index contributed by atoms with van der Waals surface area (Å²) in [6.07, 6.45) is 2.39. The van der Waals surface area contributed by atoms with Crippen LogP contribution in [0.3, 0.4) is 0 Å². The summed E-state index contributed by atoms with van der Waals surface area (Å²) >= 11 is 0. The zero-order chi connectivity index (χ0) is 12.0. The quantitative estimate of drug-likeness (QED) is 0.843. The maximum atomic E-state index is 11.5. The van der Waals surface area contributed by atoms with E-state index in [9.17, 15) is 4.79 Å². The normalized spacial score (nSPS) is 15.2. The Morgan fingerprint density at radius 3 is 2.76 bits per heavy atom. The second-order valence-corrected chi connectivity index (χ2v) is 4.87. The Balaban J connectivity index is 2.20. The number of nitrogens with one attached hydrogen (secondary N) is 1. The van der Waals surface area contributed by atoms with E-state index < -0.39 is 0 Å². The first-order valence-corrected chi connectivity index (χ1v) is 6.05. The summed E-state index contributed by atoms with van der Waals surface area (Å²) in [4.78, 5) is 11.5. The lowest BCUT2D eigenvalue weighted by Crippen LogP contribution is -2.07. The van der Waals surface area contributed by atoms with Crippen LogP contribution in [0.25, 0.3) is 5.69 Å². The third kappa shape index (κ3) is 1.71. The maximum Gasteiger partial charge on any atom is 0.264 e. The zero-order valence-electron chi connectivity index (χ0n) is 10.2. The molecule has 0 aliphatic heterocycles. The van der Waals surface area contributed by atoms with Gasteiger partial charge in [-0.2, -0.15) is 0 Å². The molecule has 1 aromatic heterocycles. The van der Waals surface area contributed by atoms with E-state index in [0.29, 0.717) is 5.92 Å². The van der Waals surface area contributed by atoms with E-state index in [4.69, 9.17) is 0 Å². The number of aromatic nitrogens is 2. The Bertz CT molecular complexity index is 617. The number of aryl methyl sites for hydroxylation is 1. The summed E-state index contributed by atoms with van der Waals surface area (Å²) in [6, 6.07) is 7.92. The lowest BCUT2D eigenvalue weighted by molar-refractivity contribution is 0.793. The second kappa shape index (κ2) is 3.62. The zero-order valence-corrected chi connectivity index (χ0v) is 10.2. The van der Waals surface area contributed by atoms with Gasteiger partial charge in [0.05, 0.1) is 5.69 Å². The van der Waals surface area contributed by atoms with Gasteiger partial charge >= 0.3 is 0 Å². The highest BCUT2D eigenvalue weighted by atomic mass is 16.1. The van der Waals surface area contributed by atoms with Crippen LogP contribution in [0.4, 0.5) is 0 Å². The van der Waals surface area contributed by atoms with Crippen molar-refractivity contribution in [3.05, 3.63) is 51.4 Å². The van der Waals surface area contributed by atoms with Gasteiger partial charge in [0, 0.05) is 17.7 Å². The minimum absolute atomic E-state index is 0.00666. The second-order valence-electron chi connectivity index (χ2n) is 4.87. The van der Waals surface area contributed by atoms with Crippen LogP contribution in [-0.4, -0.2) is 9.78 Å². The molecule has 88 valence electrons. The predicted molar refractivity (Wildman–Crippen MR) is 67.8 cm³/mol. The standard InChI is InChI=1S/C14H16N2O/c1-9-4-3-5-12(10(9)2)16-13(11-6-7-11)8-14(17)15-16/h3-5,8,11H,6-7H2,1-2H3,(H,15,17). The Kier molecular flexibility index (Phi) is 2.21. The van der Waals surface area contributed by atoms with Crippen LogP contribution in [0.5, 0.6) is 0 Å². The van der Waals surface area contributed by atoms with E-state index in [2.05, 4.69) is 31.1 Å². The number of H-pyrrole nitrogens is 1. The molecule has 1 saturated carbocycles. The summed E-state index contributed by atoms with van der Waals surface area (Å²) in [5.41, 5.74) is 4.69. The molecule has 0 amide bonds. The van der Waals surface area contributed by atoms with Gasteiger partial charge in [-0.3, -0.25) is 14.6 Å². The van der Waals surface area contributed by atoms with E-state index in [-0.39, 0.29) is 5.56 Å². The van der Waals surface area contributed by atoms with Gasteiger partial charge in [-0.1, -0.05) is 12.1 Å². The van der Waals surface area contributed by atoms with Gasteiger partial charge in [0.2, 0.25) is 0 Å². The molecule has 1 aromatic carbocycles. The smallest absolute Gasteiger partial charge is 0.264 e. The molecule has 3 nitrogen and oxygen atoms in total. The Labute approximate surface area is 100 Å². The van der Waals surface area contributed by atoms with Gasteiger partial charge in [-0.15, -0.1) is 0 Å². The Morgan fingerprint density at radius 1 is 1.29 bits per heavy atom. The molecule has 0 spiro atoms. The van der Waals surface area contributed by atoms with E-state index in [1.807, 2.05) is 10.7 Å². The molecular formula is C14H16N2O. The van der Waals surface area contributed by atoms with Crippen LogP contribution in [0.1, 0.15) is 35.6 Å². The number of aromatic amines is 1. The fraction of sp³-hybridized carbons (Fsp3) is 0.357. The SMILES string of the molecule is Cc1cccc(-n2[nH]c(=O)cc2C2CC2)c1C. The van der Waals surface area contributed by atoms with Gasteiger partial charge in [-0.05, 0) is 43.9 Å². The monoisotopic (exact) mass is 228 g/mol. The number of benzene rings is 1. The average molecular weight is 228 g/mol. The molecule has 1 aliphatic carbocycles. The molecule has 1 fully saturated rings. The summed E-state index contributed by atoms with van der Waals surface area (Å²) in [6.45, 7) is 4.19. The van der Waals surface area contributed by atoms with Crippen molar-refractivity contribution in [3.8, 4) is 5.69 Å². The van der Waals surface area contributed by atoms with Crippen LogP contribution in [0.2, 0.25) is 0 Å². The van der Waals surface area contributed by atoms with Crippen molar-refractivity contribution in [2.45, 2.75) is 32.6 Å². The fourth-order valence-corrected chi connectivity index (χ4v) is 2.26. The van der Waals surface area contributed by atoms with Crippen LogP contribution in [-0.2, 0) is 0 Å². The van der Waals surface area contributed by atoms with Gasteiger partial charge < -0.3 is 0 Å². The first kappa shape index (κ1) is 10.4. The highest BCUT2D eigenvalue weighted by molar-refractivity contribution is 5.45. The lowest BCUT2D eigenvalue weighted by Gasteiger charge is -2.12. The molecule has 1 heterocycles. The van der Waals surface area contributed by atoms with Crippen molar-refractivity contribution in [1.82, 2.24) is 9.78 Å². The maximum absolute atomic E-state index is 11.5. The molecule has 1 N–H and O–H groups in total. The van der Waals surface area contributed by atoms with E-state index in [0.717, 1.165) is 11.4 Å². The highest BCUT2D eigenvalue weighted by Gasteiger charge is 2.28. The van der Waals surface area contributed by atoms with Crippen molar-refractivity contribution in [1.29, 1.82) is 0 Å². The van der Waals surface area contributed by atoms with Crippen molar-refractivity contribution in [2.75, 3.05) is 0 Å². The number of nitrogens with zero attached hydrogens (tertiary/aromatic N) is 1. The van der Waals surface area contributed by atoms with E-state index >= 15 is 0 Å². The van der Waals surface area contributed by atoms with Crippen LogP contribution < -0.4 is 5.56 Å². The molecule has 3 heteroatoms. The van der Waals surface area contributed by atoms with Gasteiger partial charge in [0.1, 0.15) is 0 Å². The minimum Gasteiger partial charge on any atom is -0.268 e. The first-order valence-electron chi connectivity index (χ1n) is 6.05. The molecule has 0 atom stereocenters. The van der Waals surface area contributed by atoms with Gasteiger partial charge in [-0.25, -0.2) is 0 Å². The molecule has 17 heavy (non-hydrogen) atoms. The third-order valence-electron chi connectivity index (χ3n) is 3.57. The molecule has 0 saturated heterocycles. The highest BCUT2D eigenvalue weighted by Crippen LogP contribution is 2.40. The largest absolute Gasteiger partial charge is 0.268 e. The molecule has 3 rings (SSSR count). The molecule has 0 radical (unpaired) electrons. The van der Waals surface area contributed by atoms with Gasteiger partial charge in [0.25, 0.3) is 5.56 Å². The Morgan fingerprint density at radius 2 is 2.06 bits per heavy atom. The fourth-order valence-electron chi connectivity index (χ4n) is 2.26. The molecule has 0 unspecified atom stereocenters. The number of hydrogen-bond donors (Lipinski definition) is 1. The van der Waals surface area contributed by atoms with Crippen molar-refractivity contribution in [3.63, 3.8) is 0 Å². The van der Waals surface area contributed by atoms with E-state index in [1.165, 1.54) is 24.0 Å². The molecular weight excluding hydrogens is 212 g/mol. The molecule has 1 aliphatic rings. The third-order valence-corrected chi connectivity index (χ3v) is 3.57. The summed E-state index contributed by atoms with van der Waals surface area (Å²) in [7, 11) is 0. The minimum atomic E-state index is -0.00666. The van der Waals surface area contributed by atoms with Crippen molar-refractivity contribution >= 4 is 0 Å². The molecule has 0 bridgehead atoms. The number of hydrogen-bond acceptors (Lipinski definition) is 1. The predicted octanol–water partition coefficient (Wildman–Crippen LogP) is 2.66.